The van der Waals surface area contributed by atoms with Gasteiger partial charge in [-0.05, 0) is 47.2 Å². The molecule has 0 radical (unpaired) electrons. The number of anilines is 1. The third-order valence-corrected chi connectivity index (χ3v) is 4.62. The molecule has 0 saturated carbocycles. The third-order valence-electron chi connectivity index (χ3n) is 4.62. The number of esters is 1. The van der Waals surface area contributed by atoms with Gasteiger partial charge < -0.3 is 10.1 Å². The Hall–Kier alpha value is -4.33. The Morgan fingerprint density at radius 3 is 2.52 bits per heavy atom. The van der Waals surface area contributed by atoms with Crippen molar-refractivity contribution in [1.82, 2.24) is 20.2 Å². The van der Waals surface area contributed by atoms with E-state index in [2.05, 4.69) is 20.8 Å². The summed E-state index contributed by atoms with van der Waals surface area (Å²) in [7, 11) is 0. The van der Waals surface area contributed by atoms with Crippen LogP contribution in [0.4, 0.5) is 5.69 Å². The molecule has 0 saturated heterocycles. The van der Waals surface area contributed by atoms with Crippen molar-refractivity contribution in [3.05, 3.63) is 90.8 Å². The number of carbonyl (C=O) groups is 2. The van der Waals surface area contributed by atoms with Gasteiger partial charge in [0.05, 0.1) is 11.3 Å². The predicted octanol–water partition coefficient (Wildman–Crippen LogP) is 3.51. The van der Waals surface area contributed by atoms with Crippen LogP contribution in [0.1, 0.15) is 17.3 Å². The van der Waals surface area contributed by atoms with E-state index in [4.69, 9.17) is 4.74 Å². The summed E-state index contributed by atoms with van der Waals surface area (Å²) < 4.78 is 6.80. The fourth-order valence-electron chi connectivity index (χ4n) is 3.03. The molecule has 0 aliphatic carbocycles. The largest absolute Gasteiger partial charge is 0.449 e. The molecule has 8 nitrogen and oxygen atoms in total. The first-order chi connectivity index (χ1) is 15.1. The minimum Gasteiger partial charge on any atom is -0.449 e. The summed E-state index contributed by atoms with van der Waals surface area (Å²) in [4.78, 5) is 25.3. The molecule has 3 aromatic carbocycles. The molecule has 8 heteroatoms. The molecule has 1 unspecified atom stereocenters. The summed E-state index contributed by atoms with van der Waals surface area (Å²) in [5.74, 6) is -1.04. The minimum atomic E-state index is -0.993. The van der Waals surface area contributed by atoms with Gasteiger partial charge in [-0.1, -0.05) is 54.6 Å². The van der Waals surface area contributed by atoms with Gasteiger partial charge in [-0.3, -0.25) is 4.79 Å². The molecule has 4 rings (SSSR count). The van der Waals surface area contributed by atoms with Crippen molar-refractivity contribution in [3.8, 4) is 16.8 Å². The van der Waals surface area contributed by atoms with Gasteiger partial charge in [-0.25, -0.2) is 9.48 Å². The fourth-order valence-corrected chi connectivity index (χ4v) is 3.03. The molecule has 0 aliphatic rings. The molecule has 1 heterocycles. The second kappa shape index (κ2) is 9.00. The Balaban J connectivity index is 1.45. The Kier molecular flexibility index (Phi) is 5.79. The highest BCUT2D eigenvalue weighted by molar-refractivity contribution is 6.00. The van der Waals surface area contributed by atoms with Crippen LogP contribution in [0.3, 0.4) is 0 Å². The van der Waals surface area contributed by atoms with Crippen LogP contribution in [-0.4, -0.2) is 38.2 Å². The number of ether oxygens (including phenoxy) is 1. The first kappa shape index (κ1) is 20.0. The van der Waals surface area contributed by atoms with E-state index in [-0.39, 0.29) is 5.56 Å². The molecule has 0 spiro atoms. The van der Waals surface area contributed by atoms with E-state index in [1.54, 1.807) is 24.3 Å². The molecule has 4 aromatic rings. The van der Waals surface area contributed by atoms with Gasteiger partial charge >= 0.3 is 5.97 Å². The number of hydrogen-bond donors (Lipinski definition) is 1. The van der Waals surface area contributed by atoms with E-state index in [0.717, 1.165) is 11.1 Å². The molecule has 1 amide bonds. The summed E-state index contributed by atoms with van der Waals surface area (Å²) >= 11 is 0. The Morgan fingerprint density at radius 2 is 1.74 bits per heavy atom. The zero-order chi connectivity index (χ0) is 21.6. The van der Waals surface area contributed by atoms with Gasteiger partial charge in [-0.15, -0.1) is 5.10 Å². The van der Waals surface area contributed by atoms with Crippen LogP contribution in [0, 0.1) is 0 Å². The molecule has 0 bridgehead atoms. The molecule has 31 heavy (non-hydrogen) atoms. The summed E-state index contributed by atoms with van der Waals surface area (Å²) in [5.41, 5.74) is 3.39. The number of amides is 1. The van der Waals surface area contributed by atoms with E-state index in [0.29, 0.717) is 11.4 Å². The Morgan fingerprint density at radius 1 is 0.968 bits per heavy atom. The maximum atomic E-state index is 12.7. The van der Waals surface area contributed by atoms with Crippen LogP contribution >= 0.6 is 0 Å². The van der Waals surface area contributed by atoms with Gasteiger partial charge in [0.1, 0.15) is 6.33 Å². The van der Waals surface area contributed by atoms with Crippen molar-refractivity contribution in [2.45, 2.75) is 13.0 Å². The van der Waals surface area contributed by atoms with Crippen molar-refractivity contribution >= 4 is 17.6 Å². The first-order valence-corrected chi connectivity index (χ1v) is 9.61. The summed E-state index contributed by atoms with van der Waals surface area (Å²) in [6.45, 7) is 1.53. The van der Waals surface area contributed by atoms with Crippen LogP contribution < -0.4 is 5.32 Å². The lowest BCUT2D eigenvalue weighted by molar-refractivity contribution is -0.123. The van der Waals surface area contributed by atoms with Gasteiger partial charge in [0, 0.05) is 11.3 Å². The summed E-state index contributed by atoms with van der Waals surface area (Å²) in [6, 6.07) is 23.8. The van der Waals surface area contributed by atoms with Gasteiger partial charge in [0.2, 0.25) is 0 Å². The number of carbonyl (C=O) groups excluding carboxylic acids is 2. The maximum Gasteiger partial charge on any atom is 0.338 e. The molecule has 1 atom stereocenters. The van der Waals surface area contributed by atoms with Gasteiger partial charge in [0.25, 0.3) is 5.91 Å². The third kappa shape index (κ3) is 4.64. The highest BCUT2D eigenvalue weighted by atomic mass is 16.5. The highest BCUT2D eigenvalue weighted by Crippen LogP contribution is 2.27. The van der Waals surface area contributed by atoms with E-state index < -0.39 is 18.0 Å². The zero-order valence-corrected chi connectivity index (χ0v) is 16.7. The maximum absolute atomic E-state index is 12.7. The second-order valence-corrected chi connectivity index (χ2v) is 6.75. The van der Waals surface area contributed by atoms with E-state index in [1.807, 2.05) is 54.6 Å². The molecule has 154 valence electrons. The minimum absolute atomic E-state index is 0.289. The van der Waals surface area contributed by atoms with Crippen LogP contribution in [0.5, 0.6) is 0 Å². The molecule has 1 aromatic heterocycles. The number of aromatic nitrogens is 4. The number of hydrogen-bond acceptors (Lipinski definition) is 6. The van der Waals surface area contributed by atoms with Gasteiger partial charge in [0.15, 0.2) is 6.10 Å². The lowest BCUT2D eigenvalue weighted by Crippen LogP contribution is -2.30. The molecule has 1 N–H and O–H groups in total. The van der Waals surface area contributed by atoms with Crippen molar-refractivity contribution in [2.24, 2.45) is 0 Å². The van der Waals surface area contributed by atoms with Gasteiger partial charge in [-0.2, -0.15) is 0 Å². The van der Waals surface area contributed by atoms with Crippen molar-refractivity contribution in [3.63, 3.8) is 0 Å². The molecule has 0 aliphatic heterocycles. The number of para-hydroxylation sites is 1. The highest BCUT2D eigenvalue weighted by Gasteiger charge is 2.20. The smallest absolute Gasteiger partial charge is 0.338 e. The van der Waals surface area contributed by atoms with E-state index in [1.165, 1.54) is 17.9 Å². The topological polar surface area (TPSA) is 99.0 Å². The van der Waals surface area contributed by atoms with Crippen molar-refractivity contribution < 1.29 is 14.3 Å². The quantitative estimate of drug-likeness (QED) is 0.486. The van der Waals surface area contributed by atoms with Crippen LogP contribution in [0.15, 0.2) is 85.2 Å². The average Bonchev–Trinajstić information content (AvgIpc) is 3.35. The first-order valence-electron chi connectivity index (χ1n) is 9.61. The SMILES string of the molecule is CC(OC(=O)c1cccc(-n2cnnn2)c1)C(=O)Nc1ccccc1-c1ccccc1. The molecular formula is C23H19N5O3. The van der Waals surface area contributed by atoms with Crippen LogP contribution in [0.2, 0.25) is 0 Å². The summed E-state index contributed by atoms with van der Waals surface area (Å²) in [5, 5.41) is 13.8. The van der Waals surface area contributed by atoms with Crippen molar-refractivity contribution in [2.75, 3.05) is 5.32 Å². The van der Waals surface area contributed by atoms with Crippen molar-refractivity contribution in [1.29, 1.82) is 0 Å². The second-order valence-electron chi connectivity index (χ2n) is 6.75. The zero-order valence-electron chi connectivity index (χ0n) is 16.7. The van der Waals surface area contributed by atoms with E-state index >= 15 is 0 Å². The number of nitrogens with zero attached hydrogens (tertiary/aromatic N) is 4. The monoisotopic (exact) mass is 413 g/mol. The Bertz CT molecular complexity index is 1190. The normalized spacial score (nSPS) is 11.5. The fraction of sp³-hybridized carbons (Fsp3) is 0.0870. The molecular weight excluding hydrogens is 394 g/mol. The van der Waals surface area contributed by atoms with Crippen LogP contribution in [-0.2, 0) is 9.53 Å². The molecule has 0 fully saturated rings. The number of rotatable bonds is 6. The summed E-state index contributed by atoms with van der Waals surface area (Å²) in [6.07, 6.45) is 0.429. The number of tetrazole rings is 1. The number of benzene rings is 3. The number of nitrogens with one attached hydrogen (secondary N) is 1. The van der Waals surface area contributed by atoms with Crippen LogP contribution in [0.25, 0.3) is 16.8 Å². The average molecular weight is 413 g/mol. The Labute approximate surface area is 178 Å². The predicted molar refractivity (Wildman–Crippen MR) is 115 cm³/mol. The lowest BCUT2D eigenvalue weighted by atomic mass is 10.0. The van der Waals surface area contributed by atoms with E-state index in [9.17, 15) is 9.59 Å². The lowest BCUT2D eigenvalue weighted by Gasteiger charge is -2.16. The standard InChI is InChI=1S/C23H19N5O3/c1-16(31-23(30)18-10-7-11-19(14-18)28-15-24-26-27-28)22(29)25-21-13-6-5-12-20(21)17-8-3-2-4-9-17/h2-16H,1H3,(H,25,29).